The van der Waals surface area contributed by atoms with E-state index in [1.54, 1.807) is 32.9 Å². The number of halogens is 1. The maximum absolute atomic E-state index is 12.2. The van der Waals surface area contributed by atoms with Crippen LogP contribution in [0.5, 0.6) is 11.5 Å². The van der Waals surface area contributed by atoms with Crippen molar-refractivity contribution in [1.82, 2.24) is 10.6 Å². The summed E-state index contributed by atoms with van der Waals surface area (Å²) < 4.78 is 17.0. The molecule has 8 nitrogen and oxygen atoms in total. The first kappa shape index (κ1) is 22.7. The lowest BCUT2D eigenvalue weighted by Crippen LogP contribution is -2.44. The Kier molecular flexibility index (Phi) is 7.66. The Labute approximate surface area is 178 Å². The molecule has 1 aliphatic rings. The number of carbonyl (C=O) groups excluding carboxylic acids is 3. The summed E-state index contributed by atoms with van der Waals surface area (Å²) in [6.07, 6.45) is -0.843. The molecule has 2 atom stereocenters. The first-order chi connectivity index (χ1) is 13.7. The summed E-state index contributed by atoms with van der Waals surface area (Å²) in [6, 6.07) is 2.37. The SMILES string of the molecule is CCOC(=O)[C@H](C)Oc1c(Br)cc([C@@H]2NC(=O)NC(C)=C2C(C)=O)cc1OCC. The van der Waals surface area contributed by atoms with Crippen molar-refractivity contribution in [2.45, 2.75) is 46.8 Å². The van der Waals surface area contributed by atoms with Crippen LogP contribution >= 0.6 is 15.9 Å². The molecule has 2 rings (SSSR count). The predicted molar refractivity (Wildman–Crippen MR) is 110 cm³/mol. The van der Waals surface area contributed by atoms with Gasteiger partial charge in [0, 0.05) is 11.3 Å². The molecule has 9 heteroatoms. The monoisotopic (exact) mass is 468 g/mol. The fourth-order valence-corrected chi connectivity index (χ4v) is 3.58. The number of ether oxygens (including phenoxy) is 3. The summed E-state index contributed by atoms with van der Waals surface area (Å²) >= 11 is 3.45. The summed E-state index contributed by atoms with van der Waals surface area (Å²) in [5.41, 5.74) is 1.58. The van der Waals surface area contributed by atoms with E-state index in [4.69, 9.17) is 14.2 Å². The number of urea groups is 1. The molecule has 158 valence electrons. The molecule has 0 radical (unpaired) electrons. The number of allylic oxidation sites excluding steroid dienone is 1. The molecule has 29 heavy (non-hydrogen) atoms. The lowest BCUT2D eigenvalue weighted by atomic mass is 9.93. The summed E-state index contributed by atoms with van der Waals surface area (Å²) in [6.45, 7) is 8.85. The van der Waals surface area contributed by atoms with Gasteiger partial charge in [0.05, 0.1) is 23.7 Å². The van der Waals surface area contributed by atoms with Crippen LogP contribution in [0.25, 0.3) is 0 Å². The highest BCUT2D eigenvalue weighted by molar-refractivity contribution is 9.10. The van der Waals surface area contributed by atoms with Gasteiger partial charge in [0.2, 0.25) is 0 Å². The van der Waals surface area contributed by atoms with Crippen molar-refractivity contribution in [3.05, 3.63) is 33.4 Å². The maximum atomic E-state index is 12.2. The molecular weight excluding hydrogens is 444 g/mol. The first-order valence-electron chi connectivity index (χ1n) is 9.28. The van der Waals surface area contributed by atoms with Gasteiger partial charge >= 0.3 is 12.0 Å². The van der Waals surface area contributed by atoms with E-state index in [2.05, 4.69) is 26.6 Å². The third-order valence-corrected chi connectivity index (χ3v) is 4.82. The second kappa shape index (κ2) is 9.78. The molecule has 2 amide bonds. The number of rotatable bonds is 8. The highest BCUT2D eigenvalue weighted by Gasteiger charge is 2.31. The number of ketones is 1. The zero-order chi connectivity index (χ0) is 21.7. The topological polar surface area (TPSA) is 103 Å². The van der Waals surface area contributed by atoms with E-state index in [-0.39, 0.29) is 12.4 Å². The van der Waals surface area contributed by atoms with Crippen LogP contribution in [0.15, 0.2) is 27.9 Å². The van der Waals surface area contributed by atoms with E-state index in [0.717, 1.165) is 0 Å². The zero-order valence-electron chi connectivity index (χ0n) is 17.1. The average molecular weight is 469 g/mol. The molecule has 1 aliphatic heterocycles. The van der Waals surface area contributed by atoms with Crippen molar-refractivity contribution in [1.29, 1.82) is 0 Å². The van der Waals surface area contributed by atoms with E-state index in [1.807, 2.05) is 6.92 Å². The lowest BCUT2D eigenvalue weighted by Gasteiger charge is -2.29. The van der Waals surface area contributed by atoms with Gasteiger partial charge in [0.1, 0.15) is 0 Å². The minimum atomic E-state index is -0.843. The van der Waals surface area contributed by atoms with Gasteiger partial charge in [-0.3, -0.25) is 4.79 Å². The van der Waals surface area contributed by atoms with Crippen molar-refractivity contribution in [2.75, 3.05) is 13.2 Å². The Morgan fingerprint density at radius 3 is 2.52 bits per heavy atom. The summed E-state index contributed by atoms with van der Waals surface area (Å²) in [5.74, 6) is 0.0576. The van der Waals surface area contributed by atoms with E-state index < -0.39 is 24.1 Å². The molecule has 0 unspecified atom stereocenters. The van der Waals surface area contributed by atoms with E-state index >= 15 is 0 Å². The Bertz CT molecular complexity index is 852. The highest BCUT2D eigenvalue weighted by Crippen LogP contribution is 2.41. The number of carbonyl (C=O) groups is 3. The molecule has 1 aromatic rings. The third-order valence-electron chi connectivity index (χ3n) is 4.23. The van der Waals surface area contributed by atoms with Gasteiger partial charge in [-0.05, 0) is 68.2 Å². The minimum absolute atomic E-state index is 0.162. The minimum Gasteiger partial charge on any atom is -0.490 e. The lowest BCUT2D eigenvalue weighted by molar-refractivity contribution is -0.150. The second-order valence-corrected chi connectivity index (χ2v) is 7.26. The van der Waals surface area contributed by atoms with E-state index in [1.165, 1.54) is 6.92 Å². The quantitative estimate of drug-likeness (QED) is 0.566. The summed E-state index contributed by atoms with van der Waals surface area (Å²) in [5, 5.41) is 5.38. The summed E-state index contributed by atoms with van der Waals surface area (Å²) in [4.78, 5) is 36.1. The molecular formula is C20H25BrN2O6. The van der Waals surface area contributed by atoms with Crippen molar-refractivity contribution >= 4 is 33.7 Å². The summed E-state index contributed by atoms with van der Waals surface area (Å²) in [7, 11) is 0. The van der Waals surface area contributed by atoms with Gasteiger partial charge in [0.25, 0.3) is 0 Å². The normalized spacial score (nSPS) is 17.2. The van der Waals surface area contributed by atoms with Gasteiger partial charge in [-0.15, -0.1) is 0 Å². The second-order valence-electron chi connectivity index (χ2n) is 6.40. The molecule has 1 heterocycles. The van der Waals surface area contributed by atoms with Gasteiger partial charge in [0.15, 0.2) is 23.4 Å². The van der Waals surface area contributed by atoms with Crippen molar-refractivity contribution in [2.24, 2.45) is 0 Å². The van der Waals surface area contributed by atoms with E-state index in [9.17, 15) is 14.4 Å². The smallest absolute Gasteiger partial charge is 0.347 e. The number of nitrogens with one attached hydrogen (secondary N) is 2. The van der Waals surface area contributed by atoms with Crippen molar-refractivity contribution in [3.8, 4) is 11.5 Å². The fourth-order valence-electron chi connectivity index (χ4n) is 3.03. The maximum Gasteiger partial charge on any atom is 0.347 e. The van der Waals surface area contributed by atoms with Crippen LogP contribution < -0.4 is 20.1 Å². The zero-order valence-corrected chi connectivity index (χ0v) is 18.6. The van der Waals surface area contributed by atoms with Gasteiger partial charge in [-0.2, -0.15) is 0 Å². The van der Waals surface area contributed by atoms with Crippen molar-refractivity contribution in [3.63, 3.8) is 0 Å². The predicted octanol–water partition coefficient (Wildman–Crippen LogP) is 3.40. The standard InChI is InChI=1S/C20H25BrN2O6/c1-6-27-15-9-13(17-16(11(4)24)10(3)22-20(26)23-17)8-14(21)18(15)29-12(5)19(25)28-7-2/h8-9,12,17H,6-7H2,1-5H3,(H2,22,23,26)/t12-,17-/m0/s1. The number of benzene rings is 1. The number of amides is 2. The number of Topliss-reactive ketones (excluding diaryl/α,β-unsaturated/α-hetero) is 1. The molecule has 1 aromatic carbocycles. The van der Waals surface area contributed by atoms with Crippen LogP contribution in [-0.4, -0.2) is 37.1 Å². The van der Waals surface area contributed by atoms with Crippen LogP contribution in [0.3, 0.4) is 0 Å². The number of hydrogen-bond donors (Lipinski definition) is 2. The van der Waals surface area contributed by atoms with Crippen LogP contribution in [0.1, 0.15) is 46.2 Å². The van der Waals surface area contributed by atoms with Crippen LogP contribution in [-0.2, 0) is 14.3 Å². The number of hydrogen-bond acceptors (Lipinski definition) is 6. The van der Waals surface area contributed by atoms with Crippen LogP contribution in [0, 0.1) is 0 Å². The average Bonchev–Trinajstić information content (AvgIpc) is 2.63. The highest BCUT2D eigenvalue weighted by atomic mass is 79.9. The van der Waals surface area contributed by atoms with Gasteiger partial charge in [-0.25, -0.2) is 9.59 Å². The van der Waals surface area contributed by atoms with Crippen LogP contribution in [0.2, 0.25) is 0 Å². The Balaban J connectivity index is 2.48. The third kappa shape index (κ3) is 5.29. The number of esters is 1. The fraction of sp³-hybridized carbons (Fsp3) is 0.450. The molecule has 0 saturated heterocycles. The van der Waals surface area contributed by atoms with Gasteiger partial charge in [-0.1, -0.05) is 0 Å². The molecule has 0 saturated carbocycles. The molecule has 0 fully saturated rings. The van der Waals surface area contributed by atoms with Crippen LogP contribution in [0.4, 0.5) is 4.79 Å². The molecule has 0 aromatic heterocycles. The van der Waals surface area contributed by atoms with E-state index in [0.29, 0.717) is 39.4 Å². The molecule has 0 bridgehead atoms. The first-order valence-corrected chi connectivity index (χ1v) is 10.1. The molecule has 0 spiro atoms. The Morgan fingerprint density at radius 1 is 1.24 bits per heavy atom. The van der Waals surface area contributed by atoms with Gasteiger partial charge < -0.3 is 24.8 Å². The largest absolute Gasteiger partial charge is 0.490 e. The molecule has 2 N–H and O–H groups in total. The Hall–Kier alpha value is -2.55. The molecule has 0 aliphatic carbocycles. The van der Waals surface area contributed by atoms with Crippen molar-refractivity contribution < 1.29 is 28.6 Å². The Morgan fingerprint density at radius 2 is 1.93 bits per heavy atom.